The van der Waals surface area contributed by atoms with Gasteiger partial charge in [-0.15, -0.1) is 0 Å². The maximum atomic E-state index is 12.7. The zero-order valence-corrected chi connectivity index (χ0v) is 13.0. The van der Waals surface area contributed by atoms with Crippen molar-refractivity contribution < 1.29 is 9.59 Å². The van der Waals surface area contributed by atoms with Crippen LogP contribution in [0, 0.1) is 0 Å². The molecule has 0 aliphatic carbocycles. The van der Waals surface area contributed by atoms with Crippen LogP contribution >= 0.6 is 0 Å². The van der Waals surface area contributed by atoms with Crippen LogP contribution in [0.3, 0.4) is 0 Å². The molecule has 1 aliphatic heterocycles. The zero-order chi connectivity index (χ0) is 16.2. The number of hydrogen-bond donors (Lipinski definition) is 1. The summed E-state index contributed by atoms with van der Waals surface area (Å²) in [6.45, 7) is 3.57. The van der Waals surface area contributed by atoms with E-state index in [-0.39, 0.29) is 11.8 Å². The van der Waals surface area contributed by atoms with E-state index < -0.39 is 6.04 Å². The Balaban J connectivity index is 1.73. The van der Waals surface area contributed by atoms with Gasteiger partial charge in [0.25, 0.3) is 5.91 Å². The Morgan fingerprint density at radius 1 is 1.35 bits per heavy atom. The number of carbonyl (C=O) groups excluding carboxylic acids is 2. The lowest BCUT2D eigenvalue weighted by molar-refractivity contribution is -0.124. The summed E-state index contributed by atoms with van der Waals surface area (Å²) in [7, 11) is 0. The maximum Gasteiger partial charge on any atom is 0.254 e. The van der Waals surface area contributed by atoms with E-state index in [1.54, 1.807) is 35.0 Å². The number of nitrogens with zero attached hydrogens (tertiary/aromatic N) is 4. The molecular formula is C16H19N5O2. The van der Waals surface area contributed by atoms with Gasteiger partial charge < -0.3 is 10.2 Å². The molecule has 1 aliphatic rings. The second-order valence-corrected chi connectivity index (χ2v) is 5.61. The summed E-state index contributed by atoms with van der Waals surface area (Å²) >= 11 is 0. The number of hydrogen-bond acceptors (Lipinski definition) is 4. The first-order valence-corrected chi connectivity index (χ1v) is 7.65. The lowest BCUT2D eigenvalue weighted by Gasteiger charge is -2.25. The van der Waals surface area contributed by atoms with Gasteiger partial charge in [0.2, 0.25) is 5.91 Å². The number of carbonyl (C=O) groups is 2. The maximum absolute atomic E-state index is 12.7. The van der Waals surface area contributed by atoms with Crippen LogP contribution in [-0.4, -0.2) is 50.6 Å². The average molecular weight is 313 g/mol. The lowest BCUT2D eigenvalue weighted by atomic mass is 10.1. The number of benzene rings is 1. The van der Waals surface area contributed by atoms with Gasteiger partial charge in [-0.25, -0.2) is 9.67 Å². The molecule has 7 nitrogen and oxygen atoms in total. The highest BCUT2D eigenvalue weighted by molar-refractivity contribution is 5.97. The third-order valence-corrected chi connectivity index (χ3v) is 3.99. The molecule has 0 bridgehead atoms. The Kier molecular flexibility index (Phi) is 4.36. The lowest BCUT2D eigenvalue weighted by Crippen LogP contribution is -2.45. The molecule has 2 amide bonds. The fourth-order valence-electron chi connectivity index (χ4n) is 2.64. The predicted molar refractivity (Wildman–Crippen MR) is 83.7 cm³/mol. The first kappa shape index (κ1) is 15.2. The third-order valence-electron chi connectivity index (χ3n) is 3.99. The number of nitrogens with one attached hydrogen (secondary N) is 1. The van der Waals surface area contributed by atoms with E-state index in [0.717, 1.165) is 12.0 Å². The highest BCUT2D eigenvalue weighted by Crippen LogP contribution is 2.13. The van der Waals surface area contributed by atoms with Crippen LogP contribution in [0.5, 0.6) is 0 Å². The summed E-state index contributed by atoms with van der Waals surface area (Å²) in [5.41, 5.74) is 1.63. The second-order valence-electron chi connectivity index (χ2n) is 5.61. The molecule has 1 aromatic heterocycles. The minimum atomic E-state index is -0.445. The molecule has 3 rings (SSSR count). The molecule has 1 N–H and O–H groups in total. The fourth-order valence-corrected chi connectivity index (χ4v) is 2.64. The summed E-state index contributed by atoms with van der Waals surface area (Å²) < 4.78 is 1.72. The molecule has 1 saturated heterocycles. The van der Waals surface area contributed by atoms with Crippen LogP contribution in [-0.2, 0) is 11.3 Å². The zero-order valence-electron chi connectivity index (χ0n) is 13.0. The Bertz CT molecular complexity index is 681. The fraction of sp³-hybridized carbons (Fsp3) is 0.375. The molecule has 1 atom stereocenters. The van der Waals surface area contributed by atoms with Crippen molar-refractivity contribution in [2.24, 2.45) is 0 Å². The second kappa shape index (κ2) is 6.60. The largest absolute Gasteiger partial charge is 0.354 e. The molecule has 2 heterocycles. The van der Waals surface area contributed by atoms with Gasteiger partial charge in [0.15, 0.2) is 0 Å². The van der Waals surface area contributed by atoms with Gasteiger partial charge in [0, 0.05) is 18.7 Å². The van der Waals surface area contributed by atoms with Gasteiger partial charge >= 0.3 is 0 Å². The van der Waals surface area contributed by atoms with Crippen molar-refractivity contribution in [3.63, 3.8) is 0 Å². The summed E-state index contributed by atoms with van der Waals surface area (Å²) in [4.78, 5) is 30.1. The number of rotatable bonds is 3. The van der Waals surface area contributed by atoms with E-state index in [1.807, 2.05) is 12.1 Å². The SMILES string of the molecule is C[C@H]1C(=O)NCCCN1C(=O)c1ccc(Cn2cncn2)cc1. The van der Waals surface area contributed by atoms with Crippen LogP contribution in [0.15, 0.2) is 36.9 Å². The van der Waals surface area contributed by atoms with E-state index >= 15 is 0 Å². The molecule has 23 heavy (non-hydrogen) atoms. The number of amides is 2. The van der Waals surface area contributed by atoms with Gasteiger partial charge in [-0.05, 0) is 31.0 Å². The topological polar surface area (TPSA) is 80.1 Å². The summed E-state index contributed by atoms with van der Waals surface area (Å²) in [6.07, 6.45) is 3.91. The minimum Gasteiger partial charge on any atom is -0.354 e. The van der Waals surface area contributed by atoms with Gasteiger partial charge in [-0.3, -0.25) is 9.59 Å². The average Bonchev–Trinajstić information content (AvgIpc) is 3.01. The molecule has 2 aromatic rings. The Morgan fingerprint density at radius 2 is 2.13 bits per heavy atom. The normalized spacial score (nSPS) is 18.4. The van der Waals surface area contributed by atoms with Crippen LogP contribution in [0.1, 0.15) is 29.3 Å². The molecule has 120 valence electrons. The highest BCUT2D eigenvalue weighted by atomic mass is 16.2. The van der Waals surface area contributed by atoms with Gasteiger partial charge in [-0.2, -0.15) is 5.10 Å². The van der Waals surface area contributed by atoms with Crippen LogP contribution < -0.4 is 5.32 Å². The van der Waals surface area contributed by atoms with Crippen molar-refractivity contribution >= 4 is 11.8 Å². The van der Waals surface area contributed by atoms with Crippen molar-refractivity contribution in [1.29, 1.82) is 0 Å². The van der Waals surface area contributed by atoms with E-state index in [2.05, 4.69) is 15.4 Å². The van der Waals surface area contributed by atoms with E-state index in [0.29, 0.717) is 25.2 Å². The third kappa shape index (κ3) is 3.39. The molecule has 0 radical (unpaired) electrons. The summed E-state index contributed by atoms with van der Waals surface area (Å²) in [5, 5.41) is 6.87. The van der Waals surface area contributed by atoms with Crippen molar-refractivity contribution in [3.8, 4) is 0 Å². The summed E-state index contributed by atoms with van der Waals surface area (Å²) in [5.74, 6) is -0.208. The molecule has 1 aromatic carbocycles. The smallest absolute Gasteiger partial charge is 0.254 e. The van der Waals surface area contributed by atoms with E-state index in [1.165, 1.54) is 6.33 Å². The number of aromatic nitrogens is 3. The molecule has 7 heteroatoms. The van der Waals surface area contributed by atoms with Crippen molar-refractivity contribution in [3.05, 3.63) is 48.0 Å². The Labute approximate surface area is 134 Å². The van der Waals surface area contributed by atoms with Crippen molar-refractivity contribution in [2.75, 3.05) is 13.1 Å². The molecule has 0 spiro atoms. The van der Waals surface area contributed by atoms with E-state index in [9.17, 15) is 9.59 Å². The van der Waals surface area contributed by atoms with Gasteiger partial charge in [0.1, 0.15) is 18.7 Å². The highest BCUT2D eigenvalue weighted by Gasteiger charge is 2.28. The molecule has 1 fully saturated rings. The Hall–Kier alpha value is -2.70. The van der Waals surface area contributed by atoms with Gasteiger partial charge in [-0.1, -0.05) is 12.1 Å². The van der Waals surface area contributed by atoms with Crippen LogP contribution in [0.2, 0.25) is 0 Å². The molecule has 0 saturated carbocycles. The van der Waals surface area contributed by atoms with Gasteiger partial charge in [0.05, 0.1) is 6.54 Å². The minimum absolute atomic E-state index is 0.0985. The quantitative estimate of drug-likeness (QED) is 0.903. The summed E-state index contributed by atoms with van der Waals surface area (Å²) in [6, 6.07) is 6.95. The van der Waals surface area contributed by atoms with Crippen LogP contribution in [0.4, 0.5) is 0 Å². The Morgan fingerprint density at radius 3 is 2.83 bits per heavy atom. The molecular weight excluding hydrogens is 294 g/mol. The molecule has 0 unspecified atom stereocenters. The predicted octanol–water partition coefficient (Wildman–Crippen LogP) is 0.677. The first-order chi connectivity index (χ1) is 11.1. The first-order valence-electron chi connectivity index (χ1n) is 7.65. The van der Waals surface area contributed by atoms with Crippen molar-refractivity contribution in [1.82, 2.24) is 25.0 Å². The monoisotopic (exact) mass is 313 g/mol. The van der Waals surface area contributed by atoms with Crippen LogP contribution in [0.25, 0.3) is 0 Å². The van der Waals surface area contributed by atoms with Crippen molar-refractivity contribution in [2.45, 2.75) is 25.9 Å². The van der Waals surface area contributed by atoms with E-state index in [4.69, 9.17) is 0 Å². The standard InChI is InChI=1S/C16H19N5O2/c1-12-15(22)18-7-2-8-21(12)16(23)14-5-3-13(4-6-14)9-20-11-17-10-19-20/h3-6,10-12H,2,7-9H2,1H3,(H,18,22)/t12-/m0/s1.